The molecule has 0 spiro atoms. The van der Waals surface area contributed by atoms with Crippen molar-refractivity contribution in [1.29, 1.82) is 0 Å². The Bertz CT molecular complexity index is 593. The van der Waals surface area contributed by atoms with Crippen molar-refractivity contribution in [3.05, 3.63) is 0 Å². The highest BCUT2D eigenvalue weighted by Crippen LogP contribution is 2.68. The lowest BCUT2D eigenvalue weighted by atomic mass is 9.43. The Kier molecular flexibility index (Phi) is 6.66. The zero-order chi connectivity index (χ0) is 21.7. The second kappa shape index (κ2) is 8.67. The van der Waals surface area contributed by atoms with E-state index < -0.39 is 0 Å². The van der Waals surface area contributed by atoms with Crippen LogP contribution < -0.4 is 0 Å². The first-order valence-electron chi connectivity index (χ1n) is 13.2. The summed E-state index contributed by atoms with van der Waals surface area (Å²) in [5.74, 6) is 4.28. The van der Waals surface area contributed by atoms with E-state index in [9.17, 15) is 15.3 Å². The van der Waals surface area contributed by atoms with Crippen LogP contribution in [0.3, 0.4) is 0 Å². The topological polar surface area (TPSA) is 60.7 Å². The summed E-state index contributed by atoms with van der Waals surface area (Å²) >= 11 is 0. The molecule has 4 aliphatic rings. The van der Waals surface area contributed by atoms with Gasteiger partial charge < -0.3 is 15.3 Å². The summed E-state index contributed by atoms with van der Waals surface area (Å²) in [5, 5.41) is 30.9. The number of aliphatic hydroxyl groups is 3. The molecule has 3 nitrogen and oxygen atoms in total. The van der Waals surface area contributed by atoms with Crippen molar-refractivity contribution in [2.45, 2.75) is 111 Å². The van der Waals surface area contributed by atoms with Gasteiger partial charge in [0.1, 0.15) is 0 Å². The first-order valence-corrected chi connectivity index (χ1v) is 13.2. The van der Waals surface area contributed by atoms with E-state index in [2.05, 4.69) is 27.7 Å². The van der Waals surface area contributed by atoms with E-state index in [0.717, 1.165) is 43.9 Å². The van der Waals surface area contributed by atoms with Crippen LogP contribution in [0.25, 0.3) is 0 Å². The van der Waals surface area contributed by atoms with Crippen LogP contribution in [0.15, 0.2) is 0 Å². The van der Waals surface area contributed by atoms with Crippen molar-refractivity contribution in [1.82, 2.24) is 0 Å². The second-order valence-electron chi connectivity index (χ2n) is 12.6. The highest BCUT2D eigenvalue weighted by Gasteiger charge is 2.62. The van der Waals surface area contributed by atoms with E-state index in [-0.39, 0.29) is 12.2 Å². The van der Waals surface area contributed by atoms with Gasteiger partial charge in [0, 0.05) is 6.61 Å². The third kappa shape index (κ3) is 3.79. The second-order valence-corrected chi connectivity index (χ2v) is 12.6. The summed E-state index contributed by atoms with van der Waals surface area (Å²) in [4.78, 5) is 0. The van der Waals surface area contributed by atoms with Crippen molar-refractivity contribution in [2.75, 3.05) is 6.61 Å². The van der Waals surface area contributed by atoms with Crippen molar-refractivity contribution >= 4 is 0 Å². The first kappa shape index (κ1) is 23.1. The van der Waals surface area contributed by atoms with Gasteiger partial charge in [-0.1, -0.05) is 40.5 Å². The monoisotopic (exact) mass is 420 g/mol. The predicted octanol–water partition coefficient (Wildman–Crippen LogP) is 5.41. The summed E-state index contributed by atoms with van der Waals surface area (Å²) < 4.78 is 0. The number of fused-ring (bicyclic) bond motifs is 5. The average molecular weight is 421 g/mol. The minimum atomic E-state index is -0.164. The Morgan fingerprint density at radius 2 is 1.57 bits per heavy atom. The van der Waals surface area contributed by atoms with Gasteiger partial charge in [0.15, 0.2) is 0 Å². The van der Waals surface area contributed by atoms with E-state index in [0.29, 0.717) is 47.0 Å². The smallest absolute Gasteiger partial charge is 0.0577 e. The lowest BCUT2D eigenvalue weighted by molar-refractivity contribution is -0.174. The molecule has 0 heterocycles. The molecular formula is C27H48O3. The molecule has 4 fully saturated rings. The van der Waals surface area contributed by atoms with E-state index >= 15 is 0 Å². The average Bonchev–Trinajstić information content (AvgIpc) is 3.06. The minimum Gasteiger partial charge on any atom is -0.396 e. The highest BCUT2D eigenvalue weighted by molar-refractivity contribution is 5.11. The van der Waals surface area contributed by atoms with Gasteiger partial charge in [0.2, 0.25) is 0 Å². The molecule has 7 unspecified atom stereocenters. The molecule has 30 heavy (non-hydrogen) atoms. The van der Waals surface area contributed by atoms with Crippen LogP contribution >= 0.6 is 0 Å². The Hall–Kier alpha value is -0.120. The molecule has 0 amide bonds. The molecule has 0 aromatic carbocycles. The predicted molar refractivity (Wildman–Crippen MR) is 122 cm³/mol. The summed E-state index contributed by atoms with van der Waals surface area (Å²) in [6.07, 6.45) is 12.5. The number of hydrogen-bond acceptors (Lipinski definition) is 3. The van der Waals surface area contributed by atoms with E-state index in [1.54, 1.807) is 0 Å². The minimum absolute atomic E-state index is 0.147. The Balaban J connectivity index is 1.47. The van der Waals surface area contributed by atoms with Crippen LogP contribution in [-0.2, 0) is 0 Å². The molecule has 0 saturated heterocycles. The Labute approximate surface area is 185 Å². The lowest BCUT2D eigenvalue weighted by Gasteiger charge is -2.62. The molecule has 0 aliphatic heterocycles. The fourth-order valence-electron chi connectivity index (χ4n) is 9.26. The largest absolute Gasteiger partial charge is 0.396 e. The molecular weight excluding hydrogens is 372 g/mol. The zero-order valence-corrected chi connectivity index (χ0v) is 20.0. The number of rotatable bonds is 6. The maximum atomic E-state index is 11.4. The van der Waals surface area contributed by atoms with Crippen LogP contribution in [0, 0.1) is 52.3 Å². The maximum absolute atomic E-state index is 11.4. The van der Waals surface area contributed by atoms with Gasteiger partial charge in [-0.15, -0.1) is 0 Å². The van der Waals surface area contributed by atoms with Gasteiger partial charge >= 0.3 is 0 Å². The molecule has 4 saturated carbocycles. The van der Waals surface area contributed by atoms with Crippen molar-refractivity contribution in [3.8, 4) is 0 Å². The molecule has 3 N–H and O–H groups in total. The van der Waals surface area contributed by atoms with Gasteiger partial charge in [-0.25, -0.2) is 0 Å². The molecule has 11 atom stereocenters. The molecule has 4 rings (SSSR count). The molecule has 4 aliphatic carbocycles. The fourth-order valence-corrected chi connectivity index (χ4v) is 9.26. The molecule has 0 bridgehead atoms. The summed E-state index contributed by atoms with van der Waals surface area (Å²) in [6.45, 7) is 10.0. The SMILES string of the molecule is CC(CO)CCC[C@@H](C)C1CCC2C3C(O)CC4C[C@H](O)CC[C@]4(C)C3CC[C@@]21C. The van der Waals surface area contributed by atoms with Gasteiger partial charge in [0.05, 0.1) is 12.2 Å². The summed E-state index contributed by atoms with van der Waals surface area (Å²) in [7, 11) is 0. The van der Waals surface area contributed by atoms with Crippen LogP contribution in [0.4, 0.5) is 0 Å². The number of hydrogen-bond donors (Lipinski definition) is 3. The zero-order valence-electron chi connectivity index (χ0n) is 20.0. The molecule has 3 heteroatoms. The summed E-state index contributed by atoms with van der Waals surface area (Å²) in [5.41, 5.74) is 0.718. The Morgan fingerprint density at radius 3 is 2.30 bits per heavy atom. The van der Waals surface area contributed by atoms with Crippen LogP contribution in [0.2, 0.25) is 0 Å². The van der Waals surface area contributed by atoms with E-state index in [4.69, 9.17) is 0 Å². The molecule has 0 aromatic rings. The van der Waals surface area contributed by atoms with E-state index in [1.807, 2.05) is 0 Å². The quantitative estimate of drug-likeness (QED) is 0.538. The lowest BCUT2D eigenvalue weighted by Crippen LogP contribution is -2.58. The van der Waals surface area contributed by atoms with Crippen LogP contribution in [-0.4, -0.2) is 34.1 Å². The first-order chi connectivity index (χ1) is 14.2. The normalized spacial score (nSPS) is 50.3. The summed E-state index contributed by atoms with van der Waals surface area (Å²) in [6, 6.07) is 0. The van der Waals surface area contributed by atoms with Crippen LogP contribution in [0.5, 0.6) is 0 Å². The molecule has 0 aromatic heterocycles. The standard InChI is InChI=1S/C27H48O3/c1-17(16-28)6-5-7-18(2)21-8-9-22-25-23(11-13-27(21,22)4)26(3)12-10-20(29)14-19(26)15-24(25)30/h17-25,28-30H,5-16H2,1-4H3/t17?,18-,19?,20-,21?,22?,23?,24?,25?,26+,27-/m1/s1. The van der Waals surface area contributed by atoms with Gasteiger partial charge in [0.25, 0.3) is 0 Å². The van der Waals surface area contributed by atoms with E-state index in [1.165, 1.54) is 38.5 Å². The Morgan fingerprint density at radius 1 is 0.867 bits per heavy atom. The number of aliphatic hydroxyl groups excluding tert-OH is 3. The van der Waals surface area contributed by atoms with Gasteiger partial charge in [-0.3, -0.25) is 0 Å². The van der Waals surface area contributed by atoms with Crippen molar-refractivity contribution < 1.29 is 15.3 Å². The fraction of sp³-hybridized carbons (Fsp3) is 1.00. The maximum Gasteiger partial charge on any atom is 0.0577 e. The van der Waals surface area contributed by atoms with Crippen LogP contribution in [0.1, 0.15) is 98.3 Å². The third-order valence-corrected chi connectivity index (χ3v) is 11.1. The third-order valence-electron chi connectivity index (χ3n) is 11.1. The van der Waals surface area contributed by atoms with Gasteiger partial charge in [-0.2, -0.15) is 0 Å². The van der Waals surface area contributed by atoms with Crippen molar-refractivity contribution in [3.63, 3.8) is 0 Å². The molecule has 174 valence electrons. The van der Waals surface area contributed by atoms with Crippen molar-refractivity contribution in [2.24, 2.45) is 52.3 Å². The van der Waals surface area contributed by atoms with Gasteiger partial charge in [-0.05, 0) is 110 Å². The molecule has 0 radical (unpaired) electrons. The highest BCUT2D eigenvalue weighted by atomic mass is 16.3.